The summed E-state index contributed by atoms with van der Waals surface area (Å²) in [5, 5.41) is 11.8. The van der Waals surface area contributed by atoms with Crippen LogP contribution in [0.3, 0.4) is 0 Å². The van der Waals surface area contributed by atoms with Crippen molar-refractivity contribution in [3.05, 3.63) is 47.5 Å². The number of hydrogen-bond acceptors (Lipinski definition) is 10. The van der Waals surface area contributed by atoms with E-state index in [9.17, 15) is 14.7 Å². The fourth-order valence-electron chi connectivity index (χ4n) is 13.0. The molecule has 4 saturated heterocycles. The summed E-state index contributed by atoms with van der Waals surface area (Å²) in [5.41, 5.74) is 2.68. The first-order valence-corrected chi connectivity index (χ1v) is 21.4. The van der Waals surface area contributed by atoms with Gasteiger partial charge in [-0.25, -0.2) is 0 Å². The zero-order valence-electron chi connectivity index (χ0n) is 33.4. The highest BCUT2D eigenvalue weighted by Crippen LogP contribution is 2.70. The topological polar surface area (TPSA) is 119 Å². The maximum absolute atomic E-state index is 13.0. The normalized spacial score (nSPS) is 48.8. The third kappa shape index (κ3) is 6.58. The molecule has 55 heavy (non-hydrogen) atoms. The predicted octanol–water partition coefficient (Wildman–Crippen LogP) is 7.22. The molecule has 1 spiro atoms. The minimum atomic E-state index is -1.28. The van der Waals surface area contributed by atoms with E-state index >= 15 is 0 Å². The third-order valence-corrected chi connectivity index (χ3v) is 16.0. The Labute approximate surface area is 326 Å². The molecular formula is C45H62O10. The van der Waals surface area contributed by atoms with E-state index in [4.69, 9.17) is 33.2 Å². The van der Waals surface area contributed by atoms with Crippen LogP contribution in [0.5, 0.6) is 0 Å². The second kappa shape index (κ2) is 14.6. The summed E-state index contributed by atoms with van der Waals surface area (Å²) in [6.45, 7) is 12.2. The van der Waals surface area contributed by atoms with E-state index in [1.807, 2.05) is 30.3 Å². The molecule has 4 aliphatic carbocycles. The zero-order chi connectivity index (χ0) is 38.3. The summed E-state index contributed by atoms with van der Waals surface area (Å²) in [4.78, 5) is 24.6. The van der Waals surface area contributed by atoms with Crippen molar-refractivity contribution in [3.8, 4) is 0 Å². The van der Waals surface area contributed by atoms with Gasteiger partial charge in [-0.15, -0.1) is 0 Å². The maximum atomic E-state index is 13.0. The fraction of sp³-hybridized carbons (Fsp3) is 0.778. The molecule has 0 amide bonds. The van der Waals surface area contributed by atoms with E-state index in [0.29, 0.717) is 41.6 Å². The van der Waals surface area contributed by atoms with E-state index in [1.54, 1.807) is 0 Å². The largest absolute Gasteiger partial charge is 0.456 e. The van der Waals surface area contributed by atoms with Gasteiger partial charge in [-0.05, 0) is 98.7 Å². The predicted molar refractivity (Wildman–Crippen MR) is 201 cm³/mol. The van der Waals surface area contributed by atoms with Gasteiger partial charge in [0.25, 0.3) is 0 Å². The van der Waals surface area contributed by atoms with Crippen molar-refractivity contribution in [1.29, 1.82) is 0 Å². The molecule has 0 bridgehead atoms. The van der Waals surface area contributed by atoms with Crippen LogP contribution in [0.2, 0.25) is 0 Å². The molecule has 1 aromatic carbocycles. The Morgan fingerprint density at radius 2 is 1.76 bits per heavy atom. The van der Waals surface area contributed by atoms with Crippen molar-refractivity contribution in [3.63, 3.8) is 0 Å². The molecule has 4 aliphatic heterocycles. The molecular weight excluding hydrogens is 700 g/mol. The number of aliphatic hydroxyl groups is 1. The van der Waals surface area contributed by atoms with Crippen LogP contribution in [0, 0.1) is 46.3 Å². The van der Waals surface area contributed by atoms with Crippen LogP contribution in [-0.2, 0) is 42.7 Å². The van der Waals surface area contributed by atoms with Gasteiger partial charge in [0.1, 0.15) is 24.1 Å². The van der Waals surface area contributed by atoms with Crippen LogP contribution in [-0.4, -0.2) is 78.8 Å². The molecule has 17 atom stereocenters. The molecule has 8 aliphatic rings. The van der Waals surface area contributed by atoms with Crippen molar-refractivity contribution < 1.29 is 47.9 Å². The van der Waals surface area contributed by atoms with Crippen LogP contribution in [0.1, 0.15) is 117 Å². The average Bonchev–Trinajstić information content (AvgIpc) is 3.62. The summed E-state index contributed by atoms with van der Waals surface area (Å²) < 4.78 is 44.9. The van der Waals surface area contributed by atoms with E-state index in [-0.39, 0.29) is 48.0 Å². The second-order valence-electron chi connectivity index (χ2n) is 19.1. The van der Waals surface area contributed by atoms with Crippen molar-refractivity contribution in [1.82, 2.24) is 0 Å². The van der Waals surface area contributed by atoms with Crippen LogP contribution in [0.15, 0.2) is 42.0 Å². The molecule has 1 N–H and O–H groups in total. The molecule has 1 aromatic rings. The number of hydrogen-bond donors (Lipinski definition) is 1. The van der Waals surface area contributed by atoms with Crippen LogP contribution in [0.4, 0.5) is 0 Å². The van der Waals surface area contributed by atoms with Gasteiger partial charge >= 0.3 is 5.97 Å². The Morgan fingerprint density at radius 1 is 0.945 bits per heavy atom. The number of ketones is 1. The van der Waals surface area contributed by atoms with Gasteiger partial charge in [0.2, 0.25) is 0 Å². The molecule has 7 fully saturated rings. The van der Waals surface area contributed by atoms with Crippen LogP contribution >= 0.6 is 0 Å². The number of Topliss-reactive ketones (excluding diaryl/α,β-unsaturated/α-hetero) is 1. The molecule has 1 unspecified atom stereocenters. The molecule has 302 valence electrons. The van der Waals surface area contributed by atoms with Crippen LogP contribution < -0.4 is 0 Å². The Bertz CT molecular complexity index is 1620. The first-order valence-electron chi connectivity index (χ1n) is 21.4. The monoisotopic (exact) mass is 762 g/mol. The first-order chi connectivity index (χ1) is 26.4. The minimum Gasteiger partial charge on any atom is -0.456 e. The van der Waals surface area contributed by atoms with E-state index in [2.05, 4.69) is 33.8 Å². The van der Waals surface area contributed by atoms with Crippen molar-refractivity contribution in [2.45, 2.75) is 160 Å². The Balaban J connectivity index is 0.879. The number of allylic oxidation sites excluding steroid dienone is 1. The molecule has 0 aromatic heterocycles. The number of aliphatic hydroxyl groups excluding tert-OH is 1. The molecule has 10 nitrogen and oxygen atoms in total. The number of fused-ring (bicyclic) bond motifs is 8. The fourth-order valence-corrected chi connectivity index (χ4v) is 13.0. The lowest BCUT2D eigenvalue weighted by molar-refractivity contribution is -0.367. The van der Waals surface area contributed by atoms with Gasteiger partial charge in [-0.2, -0.15) is 0 Å². The van der Waals surface area contributed by atoms with Crippen molar-refractivity contribution >= 4 is 11.8 Å². The number of carbonyl (C=O) groups is 2. The Kier molecular flexibility index (Phi) is 10.2. The lowest BCUT2D eigenvalue weighted by Gasteiger charge is -2.58. The minimum absolute atomic E-state index is 0.0691. The van der Waals surface area contributed by atoms with Crippen molar-refractivity contribution in [2.75, 3.05) is 13.2 Å². The maximum Gasteiger partial charge on any atom is 0.306 e. The van der Waals surface area contributed by atoms with Gasteiger partial charge in [0.15, 0.2) is 24.5 Å². The lowest BCUT2D eigenvalue weighted by Crippen LogP contribution is -2.63. The lowest BCUT2D eigenvalue weighted by atomic mass is 9.47. The second-order valence-corrected chi connectivity index (χ2v) is 19.1. The van der Waals surface area contributed by atoms with Crippen LogP contribution in [0.25, 0.3) is 0 Å². The number of esters is 1. The molecule has 0 radical (unpaired) electrons. The highest BCUT2D eigenvalue weighted by molar-refractivity contribution is 5.81. The molecule has 3 saturated carbocycles. The summed E-state index contributed by atoms with van der Waals surface area (Å²) in [6.07, 6.45) is 6.88. The summed E-state index contributed by atoms with van der Waals surface area (Å²) in [6, 6.07) is 9.54. The number of benzene rings is 1. The Hall–Kier alpha value is -2.18. The van der Waals surface area contributed by atoms with E-state index in [0.717, 1.165) is 50.7 Å². The van der Waals surface area contributed by atoms with E-state index in [1.165, 1.54) is 31.8 Å². The van der Waals surface area contributed by atoms with Crippen molar-refractivity contribution in [2.24, 2.45) is 46.3 Å². The number of rotatable bonds is 7. The number of ether oxygens (including phenoxy) is 7. The van der Waals surface area contributed by atoms with E-state index < -0.39 is 43.0 Å². The molecule has 10 heteroatoms. The summed E-state index contributed by atoms with van der Waals surface area (Å²) in [5.74, 6) is 2.47. The van der Waals surface area contributed by atoms with Gasteiger partial charge in [-0.1, -0.05) is 69.7 Å². The third-order valence-electron chi connectivity index (χ3n) is 16.0. The summed E-state index contributed by atoms with van der Waals surface area (Å²) in [7, 11) is 0. The van der Waals surface area contributed by atoms with Gasteiger partial charge in [0.05, 0.1) is 31.8 Å². The average molecular weight is 763 g/mol. The smallest absolute Gasteiger partial charge is 0.306 e. The Morgan fingerprint density at radius 3 is 2.53 bits per heavy atom. The molecule has 9 rings (SSSR count). The van der Waals surface area contributed by atoms with Gasteiger partial charge in [0, 0.05) is 24.3 Å². The molecule has 4 heterocycles. The summed E-state index contributed by atoms with van der Waals surface area (Å²) >= 11 is 0. The highest BCUT2D eigenvalue weighted by Gasteiger charge is 2.68. The standard InChI is InChI=1S/C45H62O10/c1-25-15-20-45(50-23-25)27(3)37-34(55-45)22-33-31-13-12-29-21-30(16-18-43(29,4)32(31)17-19-44(33,37)5)51-42-38(48)40(53-36(47)14-11-26(2)46)39-35(52-42)24-49-41(54-39)28-9-7-6-8-10-28/h6-10,12,25,27,30-35,37-42,48H,11,13-24H2,1-5H3/t25-,27+,30+,31-,32+,33+,34+,35-,37+,38-,39-,40-,41?,42-,43+,44+,45-/m1/s1. The first kappa shape index (κ1) is 38.3. The quantitative estimate of drug-likeness (QED) is 0.225. The zero-order valence-corrected chi connectivity index (χ0v) is 33.4. The number of carbonyl (C=O) groups excluding carboxylic acids is 2. The van der Waals surface area contributed by atoms with Gasteiger partial charge < -0.3 is 43.1 Å². The van der Waals surface area contributed by atoms with Gasteiger partial charge in [-0.3, -0.25) is 4.79 Å². The highest BCUT2D eigenvalue weighted by atomic mass is 16.8. The SMILES string of the molecule is CC(=O)CCC(=O)O[C@@H]1[C@@H](O)[C@H](O[C@H]2CC[C@@]3(C)C(=CC[C@H]4[C@@H]5C[C@@H]6O[C@]7(CC[C@@H](C)CO7)[C@@H](C)[C@@H]6[C@@]5(C)CC[C@@H]43)C2)O[C@@H]2COC(c3ccccc3)O[C@@H]12.